The van der Waals surface area contributed by atoms with E-state index in [1.807, 2.05) is 0 Å². The largest absolute Gasteiger partial charge is 0.364 e. The lowest BCUT2D eigenvalue weighted by Crippen LogP contribution is -2.23. The third-order valence-electron chi connectivity index (χ3n) is 3.29. The molecule has 0 aromatic heterocycles. The molecule has 13 heavy (non-hydrogen) atoms. The summed E-state index contributed by atoms with van der Waals surface area (Å²) in [5.41, 5.74) is 0.857. The fourth-order valence-electron chi connectivity index (χ4n) is 2.45. The summed E-state index contributed by atoms with van der Waals surface area (Å²) in [6.45, 7) is 3.81. The first-order valence-electron chi connectivity index (χ1n) is 5.28. The van der Waals surface area contributed by atoms with Crippen LogP contribution in [0.1, 0.15) is 38.5 Å². The summed E-state index contributed by atoms with van der Waals surface area (Å²) >= 11 is 0. The maximum Gasteiger partial charge on any atom is 0.177 e. The fraction of sp³-hybridized carbons (Fsp3) is 0.818. The van der Waals surface area contributed by atoms with Gasteiger partial charge in [0.2, 0.25) is 0 Å². The molecule has 74 valence electrons. The highest BCUT2D eigenvalue weighted by Crippen LogP contribution is 2.35. The summed E-state index contributed by atoms with van der Waals surface area (Å²) in [6, 6.07) is 0. The van der Waals surface area contributed by atoms with Crippen LogP contribution in [0.4, 0.5) is 0 Å². The van der Waals surface area contributed by atoms with Gasteiger partial charge in [0.15, 0.2) is 6.29 Å². The minimum absolute atomic E-state index is 0.253. The lowest BCUT2D eigenvalue weighted by atomic mass is 9.84. The molecule has 2 fully saturated rings. The second-order valence-electron chi connectivity index (χ2n) is 4.29. The van der Waals surface area contributed by atoms with Gasteiger partial charge in [-0.05, 0) is 30.8 Å². The van der Waals surface area contributed by atoms with Gasteiger partial charge in [-0.1, -0.05) is 25.8 Å². The Morgan fingerprint density at radius 3 is 2.46 bits per heavy atom. The maximum absolute atomic E-state index is 9.38. The van der Waals surface area contributed by atoms with E-state index in [0.717, 1.165) is 12.0 Å². The predicted octanol–water partition coefficient (Wildman–Crippen LogP) is 2.23. The number of rotatable bonds is 1. The molecule has 2 heteroatoms. The van der Waals surface area contributed by atoms with Gasteiger partial charge in [0.05, 0.1) is 6.10 Å². The Labute approximate surface area is 79.6 Å². The van der Waals surface area contributed by atoms with E-state index >= 15 is 0 Å². The minimum atomic E-state index is -0.688. The van der Waals surface area contributed by atoms with E-state index in [0.29, 0.717) is 5.92 Å². The Balaban J connectivity index is 1.90. The molecule has 2 rings (SSSR count). The normalized spacial score (nSPS) is 36.8. The zero-order valence-corrected chi connectivity index (χ0v) is 8.04. The number of aliphatic hydroxyl groups excluding tert-OH is 1. The molecule has 1 saturated carbocycles. The average molecular weight is 182 g/mol. The van der Waals surface area contributed by atoms with Gasteiger partial charge < -0.3 is 9.84 Å². The van der Waals surface area contributed by atoms with Gasteiger partial charge in [0, 0.05) is 0 Å². The molecule has 0 amide bonds. The van der Waals surface area contributed by atoms with Crippen LogP contribution in [0.15, 0.2) is 12.2 Å². The lowest BCUT2D eigenvalue weighted by Gasteiger charge is -2.26. The molecular formula is C11H18O2. The van der Waals surface area contributed by atoms with Gasteiger partial charge in [0.1, 0.15) is 0 Å². The van der Waals surface area contributed by atoms with Crippen molar-refractivity contribution < 1.29 is 9.84 Å². The van der Waals surface area contributed by atoms with Crippen molar-refractivity contribution in [2.75, 3.05) is 0 Å². The summed E-state index contributed by atoms with van der Waals surface area (Å²) < 4.78 is 5.47. The Morgan fingerprint density at radius 1 is 1.23 bits per heavy atom. The van der Waals surface area contributed by atoms with Crippen LogP contribution in [0.5, 0.6) is 0 Å². The smallest absolute Gasteiger partial charge is 0.177 e. The Kier molecular flexibility index (Phi) is 2.70. The van der Waals surface area contributed by atoms with Gasteiger partial charge in [0.25, 0.3) is 0 Å². The van der Waals surface area contributed by atoms with Crippen molar-refractivity contribution in [3.63, 3.8) is 0 Å². The second kappa shape index (κ2) is 3.81. The van der Waals surface area contributed by atoms with E-state index < -0.39 is 6.29 Å². The number of hydrogen-bond acceptors (Lipinski definition) is 2. The van der Waals surface area contributed by atoms with Crippen LogP contribution < -0.4 is 0 Å². The number of hydrogen-bond donors (Lipinski definition) is 1. The molecule has 0 aromatic carbocycles. The molecule has 0 bridgehead atoms. The molecule has 0 spiro atoms. The summed E-state index contributed by atoms with van der Waals surface area (Å²) in [5.74, 6) is 0.669. The standard InChI is InChI=1S/C11H18O2/c1-8-7-10(13-11(8)12)9-5-3-2-4-6-9/h9-12H,1-7H2. The third kappa shape index (κ3) is 1.94. The van der Waals surface area contributed by atoms with Crippen LogP contribution >= 0.6 is 0 Å². The molecule has 1 N–H and O–H groups in total. The zero-order chi connectivity index (χ0) is 9.26. The van der Waals surface area contributed by atoms with Crippen molar-refractivity contribution in [2.24, 2.45) is 5.92 Å². The first-order valence-corrected chi connectivity index (χ1v) is 5.28. The minimum Gasteiger partial charge on any atom is -0.364 e. The highest BCUT2D eigenvalue weighted by Gasteiger charge is 2.33. The summed E-state index contributed by atoms with van der Waals surface area (Å²) in [7, 11) is 0. The van der Waals surface area contributed by atoms with Crippen molar-refractivity contribution in [3.05, 3.63) is 12.2 Å². The molecule has 2 atom stereocenters. The van der Waals surface area contributed by atoms with E-state index in [1.165, 1.54) is 32.1 Å². The Hall–Kier alpha value is -0.340. The predicted molar refractivity (Wildman–Crippen MR) is 51.2 cm³/mol. The van der Waals surface area contributed by atoms with Crippen molar-refractivity contribution in [1.82, 2.24) is 0 Å². The molecule has 2 aliphatic rings. The van der Waals surface area contributed by atoms with Crippen LogP contribution in [0.25, 0.3) is 0 Å². The first-order chi connectivity index (χ1) is 6.27. The molecule has 1 saturated heterocycles. The monoisotopic (exact) mass is 182 g/mol. The molecule has 0 aromatic rings. The summed E-state index contributed by atoms with van der Waals surface area (Å²) in [4.78, 5) is 0. The molecule has 2 unspecified atom stereocenters. The van der Waals surface area contributed by atoms with Gasteiger partial charge in [-0.3, -0.25) is 0 Å². The van der Waals surface area contributed by atoms with E-state index in [-0.39, 0.29) is 6.10 Å². The topological polar surface area (TPSA) is 29.5 Å². The van der Waals surface area contributed by atoms with Crippen LogP contribution in [0.2, 0.25) is 0 Å². The van der Waals surface area contributed by atoms with Gasteiger partial charge in [-0.2, -0.15) is 0 Å². The SMILES string of the molecule is C=C1CC(C2CCCCC2)OC1O. The summed E-state index contributed by atoms with van der Waals surface area (Å²) in [5, 5.41) is 9.38. The molecule has 0 radical (unpaired) electrons. The van der Waals surface area contributed by atoms with Crippen LogP contribution in [-0.4, -0.2) is 17.5 Å². The second-order valence-corrected chi connectivity index (χ2v) is 4.29. The van der Waals surface area contributed by atoms with E-state index in [2.05, 4.69) is 6.58 Å². The third-order valence-corrected chi connectivity index (χ3v) is 3.29. The highest BCUT2D eigenvalue weighted by molar-refractivity contribution is 5.06. The molecule has 1 heterocycles. The molecular weight excluding hydrogens is 164 g/mol. The first kappa shape index (κ1) is 9.22. The van der Waals surface area contributed by atoms with Crippen molar-refractivity contribution in [1.29, 1.82) is 0 Å². The van der Waals surface area contributed by atoms with Crippen molar-refractivity contribution >= 4 is 0 Å². The van der Waals surface area contributed by atoms with Crippen LogP contribution in [0.3, 0.4) is 0 Å². The molecule has 2 nitrogen and oxygen atoms in total. The van der Waals surface area contributed by atoms with Gasteiger partial charge in [-0.25, -0.2) is 0 Å². The van der Waals surface area contributed by atoms with E-state index in [1.54, 1.807) is 0 Å². The Bertz CT molecular complexity index is 194. The summed E-state index contributed by atoms with van der Waals surface area (Å²) in [6.07, 6.45) is 6.99. The quantitative estimate of drug-likeness (QED) is 0.630. The van der Waals surface area contributed by atoms with Crippen LogP contribution in [0, 0.1) is 5.92 Å². The van der Waals surface area contributed by atoms with Gasteiger partial charge in [-0.15, -0.1) is 0 Å². The fourth-order valence-corrected chi connectivity index (χ4v) is 2.45. The molecule has 1 aliphatic heterocycles. The van der Waals surface area contributed by atoms with E-state index in [4.69, 9.17) is 4.74 Å². The lowest BCUT2D eigenvalue weighted by molar-refractivity contribution is -0.0963. The number of aliphatic hydroxyl groups is 1. The Morgan fingerprint density at radius 2 is 1.92 bits per heavy atom. The highest BCUT2D eigenvalue weighted by atomic mass is 16.6. The van der Waals surface area contributed by atoms with Crippen molar-refractivity contribution in [2.45, 2.75) is 50.9 Å². The maximum atomic E-state index is 9.38. The van der Waals surface area contributed by atoms with Gasteiger partial charge >= 0.3 is 0 Å². The number of ether oxygens (including phenoxy) is 1. The molecule has 1 aliphatic carbocycles. The van der Waals surface area contributed by atoms with Crippen LogP contribution in [-0.2, 0) is 4.74 Å². The van der Waals surface area contributed by atoms with Crippen molar-refractivity contribution in [3.8, 4) is 0 Å². The zero-order valence-electron chi connectivity index (χ0n) is 8.04. The van der Waals surface area contributed by atoms with E-state index in [9.17, 15) is 5.11 Å². The average Bonchev–Trinajstić information content (AvgIpc) is 2.49.